The van der Waals surface area contributed by atoms with Gasteiger partial charge in [0.05, 0.1) is 0 Å². The molecule has 0 atom stereocenters. The highest BCUT2D eigenvalue weighted by molar-refractivity contribution is 7.19. The Bertz CT molecular complexity index is 123. The molecule has 0 fully saturated rings. The van der Waals surface area contributed by atoms with Gasteiger partial charge in [-0.2, -0.15) is 11.1 Å². The molecule has 0 spiro atoms. The normalized spacial score (nSPS) is 12.0. The average Bonchev–Trinajstić information content (AvgIpc) is 2.08. The lowest BCUT2D eigenvalue weighted by atomic mass is 10.1. The van der Waals surface area contributed by atoms with Gasteiger partial charge in [0.15, 0.2) is 0 Å². The van der Waals surface area contributed by atoms with Crippen molar-refractivity contribution in [1.82, 2.24) is 0 Å². The van der Waals surface area contributed by atoms with Gasteiger partial charge in [0.1, 0.15) is 7.38 Å². The number of halogens is 1. The molecule has 14 heavy (non-hydrogen) atoms. The van der Waals surface area contributed by atoms with Gasteiger partial charge in [0, 0.05) is 0 Å². The van der Waals surface area contributed by atoms with E-state index in [0.29, 0.717) is 0 Å². The van der Waals surface area contributed by atoms with Gasteiger partial charge in [-0.25, -0.2) is 0 Å². The van der Waals surface area contributed by atoms with Gasteiger partial charge in [-0.15, -0.1) is 0 Å². The molecule has 0 aliphatic rings. The fourth-order valence-corrected chi connectivity index (χ4v) is 3.07. The van der Waals surface area contributed by atoms with Crippen LogP contribution >= 0.6 is 11.1 Å². The van der Waals surface area contributed by atoms with E-state index in [4.69, 9.17) is 16.8 Å². The van der Waals surface area contributed by atoms with Crippen molar-refractivity contribution < 1.29 is 0 Å². The van der Waals surface area contributed by atoms with Crippen molar-refractivity contribution in [3.05, 3.63) is 0 Å². The number of hydrogen-bond acceptors (Lipinski definition) is 1. The first-order valence-electron chi connectivity index (χ1n) is 5.95. The monoisotopic (exact) mass is 235 g/mol. The Kier molecular flexibility index (Phi) is 9.04. The van der Waals surface area contributed by atoms with Crippen LogP contribution in [-0.2, 0) is 0 Å². The Morgan fingerprint density at radius 1 is 0.857 bits per heavy atom. The van der Waals surface area contributed by atoms with Crippen LogP contribution in [0.5, 0.6) is 0 Å². The molecule has 0 bridgehead atoms. The van der Waals surface area contributed by atoms with E-state index in [0.717, 1.165) is 6.54 Å². The second kappa shape index (κ2) is 8.75. The van der Waals surface area contributed by atoms with Crippen LogP contribution < -0.4 is 5.73 Å². The summed E-state index contributed by atoms with van der Waals surface area (Å²) in [5.74, 6) is 0. The smallest absolute Gasteiger partial charge is 0.150 e. The van der Waals surface area contributed by atoms with E-state index in [1.54, 1.807) is 0 Å². The Morgan fingerprint density at radius 2 is 1.29 bits per heavy atom. The van der Waals surface area contributed by atoms with Crippen molar-refractivity contribution in [1.29, 1.82) is 0 Å². The third kappa shape index (κ3) is 12.5. The molecule has 0 unspecified atom stereocenters. The molecule has 0 aromatic rings. The van der Waals surface area contributed by atoms with E-state index in [1.165, 1.54) is 51.0 Å². The van der Waals surface area contributed by atoms with Gasteiger partial charge in [-0.1, -0.05) is 51.6 Å². The van der Waals surface area contributed by atoms with Crippen molar-refractivity contribution in [3.63, 3.8) is 0 Å². The summed E-state index contributed by atoms with van der Waals surface area (Å²) in [5.41, 5.74) is 5.43. The average molecular weight is 236 g/mol. The van der Waals surface area contributed by atoms with Crippen LogP contribution in [-0.4, -0.2) is 13.9 Å². The van der Waals surface area contributed by atoms with Gasteiger partial charge >= 0.3 is 0 Å². The number of hydrogen-bond donors (Lipinski definition) is 1. The summed E-state index contributed by atoms with van der Waals surface area (Å²) in [4.78, 5) is 0. The summed E-state index contributed by atoms with van der Waals surface area (Å²) in [5, 5.41) is 0. The summed E-state index contributed by atoms with van der Waals surface area (Å²) in [6.45, 7) is 5.32. The zero-order valence-corrected chi connectivity index (χ0v) is 11.6. The van der Waals surface area contributed by atoms with E-state index < -0.39 is 7.38 Å². The highest BCUT2D eigenvalue weighted by Crippen LogP contribution is 2.19. The lowest BCUT2D eigenvalue weighted by Gasteiger charge is -2.11. The summed E-state index contributed by atoms with van der Waals surface area (Å²) >= 11 is 6.24. The van der Waals surface area contributed by atoms with E-state index in [-0.39, 0.29) is 0 Å². The Morgan fingerprint density at radius 3 is 1.71 bits per heavy atom. The first-order chi connectivity index (χ1) is 6.56. The Labute approximate surface area is 95.1 Å². The molecule has 0 radical (unpaired) electrons. The van der Waals surface area contributed by atoms with Crippen molar-refractivity contribution >= 4 is 18.5 Å². The minimum atomic E-state index is -1.28. The summed E-state index contributed by atoms with van der Waals surface area (Å²) < 4.78 is 0. The SMILES string of the molecule is C[Si](C)(Cl)CCCCCCCCCN. The van der Waals surface area contributed by atoms with E-state index in [1.807, 2.05) is 0 Å². The second-order valence-electron chi connectivity index (χ2n) is 4.73. The zero-order chi connectivity index (χ0) is 10.9. The molecule has 3 heteroatoms. The number of nitrogens with two attached hydrogens (primary N) is 1. The highest BCUT2D eigenvalue weighted by Gasteiger charge is 2.15. The minimum Gasteiger partial charge on any atom is -0.330 e. The van der Waals surface area contributed by atoms with E-state index in [9.17, 15) is 0 Å². The third-order valence-corrected chi connectivity index (χ3v) is 4.58. The molecule has 0 saturated heterocycles. The van der Waals surface area contributed by atoms with Crippen LogP contribution in [0.2, 0.25) is 19.1 Å². The summed E-state index contributed by atoms with van der Waals surface area (Å²) in [6, 6.07) is 1.28. The quantitative estimate of drug-likeness (QED) is 0.363. The standard InChI is InChI=1S/C11H26ClNSi/c1-14(2,12)11-9-7-5-3-4-6-8-10-13/h3-11,13H2,1-2H3. The molecule has 2 N–H and O–H groups in total. The molecular weight excluding hydrogens is 210 g/mol. The molecule has 1 nitrogen and oxygen atoms in total. The number of rotatable bonds is 9. The fraction of sp³-hybridized carbons (Fsp3) is 1.00. The van der Waals surface area contributed by atoms with Crippen LogP contribution in [0.15, 0.2) is 0 Å². The van der Waals surface area contributed by atoms with Gasteiger partial charge in [-0.05, 0) is 19.0 Å². The van der Waals surface area contributed by atoms with Gasteiger partial charge < -0.3 is 5.73 Å². The first kappa shape index (κ1) is 14.5. The molecule has 86 valence electrons. The van der Waals surface area contributed by atoms with Crippen molar-refractivity contribution in [2.24, 2.45) is 5.73 Å². The van der Waals surface area contributed by atoms with Crippen LogP contribution in [0.1, 0.15) is 44.9 Å². The molecule has 0 aliphatic carbocycles. The maximum absolute atomic E-state index is 6.24. The third-order valence-electron chi connectivity index (χ3n) is 2.48. The fourth-order valence-electron chi connectivity index (χ4n) is 1.57. The topological polar surface area (TPSA) is 26.0 Å². The lowest BCUT2D eigenvalue weighted by molar-refractivity contribution is 0.592. The molecular formula is C11H26ClNSi. The second-order valence-corrected chi connectivity index (χ2v) is 11.7. The van der Waals surface area contributed by atoms with Gasteiger partial charge in [-0.3, -0.25) is 0 Å². The van der Waals surface area contributed by atoms with E-state index in [2.05, 4.69) is 13.1 Å². The molecule has 0 aliphatic heterocycles. The molecule has 0 rings (SSSR count). The number of unbranched alkanes of at least 4 members (excludes halogenated alkanes) is 6. The molecule has 0 aromatic heterocycles. The Balaban J connectivity index is 2.99. The van der Waals surface area contributed by atoms with Gasteiger partial charge in [0.2, 0.25) is 0 Å². The largest absolute Gasteiger partial charge is 0.330 e. The van der Waals surface area contributed by atoms with Gasteiger partial charge in [0.25, 0.3) is 0 Å². The van der Waals surface area contributed by atoms with Crippen molar-refractivity contribution in [3.8, 4) is 0 Å². The van der Waals surface area contributed by atoms with Crippen molar-refractivity contribution in [2.45, 2.75) is 64.1 Å². The summed E-state index contributed by atoms with van der Waals surface area (Å²) in [6.07, 6.45) is 9.33. The first-order valence-corrected chi connectivity index (χ1v) is 10.2. The zero-order valence-electron chi connectivity index (χ0n) is 9.82. The molecule has 0 amide bonds. The predicted octanol–water partition coefficient (Wildman–Crippen LogP) is 4.12. The predicted molar refractivity (Wildman–Crippen MR) is 69.5 cm³/mol. The molecule has 0 heterocycles. The van der Waals surface area contributed by atoms with Crippen LogP contribution in [0.3, 0.4) is 0 Å². The van der Waals surface area contributed by atoms with Crippen LogP contribution in [0, 0.1) is 0 Å². The molecule has 0 saturated carbocycles. The highest BCUT2D eigenvalue weighted by atomic mass is 35.6. The lowest BCUT2D eigenvalue weighted by Crippen LogP contribution is -2.14. The van der Waals surface area contributed by atoms with E-state index >= 15 is 0 Å². The van der Waals surface area contributed by atoms with Crippen LogP contribution in [0.25, 0.3) is 0 Å². The maximum Gasteiger partial charge on any atom is 0.150 e. The van der Waals surface area contributed by atoms with Crippen LogP contribution in [0.4, 0.5) is 0 Å². The van der Waals surface area contributed by atoms with Crippen molar-refractivity contribution in [2.75, 3.05) is 6.54 Å². The Hall–Kier alpha value is 0.467. The minimum absolute atomic E-state index is 0.853. The summed E-state index contributed by atoms with van der Waals surface area (Å²) in [7, 11) is -1.28. The maximum atomic E-state index is 6.24. The molecule has 0 aromatic carbocycles.